The maximum atomic E-state index is 10.1. The molecule has 1 aliphatic rings. The standard InChI is InChI=1S/C17H27NO2/c1-13(15-8-5-9-17(11-15)20-2)18-12-16(19)10-14-6-3-4-7-14/h5,8-9,11,13-14,16,18-19H,3-4,6-7,10,12H2,1-2H3/t13-,16?/m0/s1. The zero-order valence-electron chi connectivity index (χ0n) is 12.6. The smallest absolute Gasteiger partial charge is 0.119 e. The number of methoxy groups -OCH3 is 1. The van der Waals surface area contributed by atoms with Gasteiger partial charge < -0.3 is 15.2 Å². The summed E-state index contributed by atoms with van der Waals surface area (Å²) in [4.78, 5) is 0. The molecule has 3 heteroatoms. The van der Waals surface area contributed by atoms with Gasteiger partial charge in [0.1, 0.15) is 5.75 Å². The van der Waals surface area contributed by atoms with E-state index in [2.05, 4.69) is 18.3 Å². The number of aliphatic hydroxyl groups is 1. The van der Waals surface area contributed by atoms with Crippen LogP contribution in [0.25, 0.3) is 0 Å². The predicted octanol–water partition coefficient (Wildman–Crippen LogP) is 3.29. The molecule has 1 aromatic rings. The van der Waals surface area contributed by atoms with Gasteiger partial charge in [-0.3, -0.25) is 0 Å². The lowest BCUT2D eigenvalue weighted by Crippen LogP contribution is -2.30. The largest absolute Gasteiger partial charge is 0.497 e. The summed E-state index contributed by atoms with van der Waals surface area (Å²) in [6.07, 6.45) is 5.98. The van der Waals surface area contributed by atoms with Crippen LogP contribution < -0.4 is 10.1 Å². The van der Waals surface area contributed by atoms with Crippen molar-refractivity contribution in [2.75, 3.05) is 13.7 Å². The number of benzene rings is 1. The van der Waals surface area contributed by atoms with Crippen molar-refractivity contribution < 1.29 is 9.84 Å². The number of aliphatic hydroxyl groups excluding tert-OH is 1. The van der Waals surface area contributed by atoms with E-state index in [0.717, 1.165) is 18.1 Å². The molecule has 0 saturated heterocycles. The van der Waals surface area contributed by atoms with E-state index < -0.39 is 0 Å². The van der Waals surface area contributed by atoms with Gasteiger partial charge in [-0.2, -0.15) is 0 Å². The Morgan fingerprint density at radius 1 is 1.35 bits per heavy atom. The minimum absolute atomic E-state index is 0.225. The van der Waals surface area contributed by atoms with Gasteiger partial charge in [0.2, 0.25) is 0 Å². The fraction of sp³-hybridized carbons (Fsp3) is 0.647. The first kappa shape index (κ1) is 15.3. The summed E-state index contributed by atoms with van der Waals surface area (Å²) in [5.41, 5.74) is 1.19. The van der Waals surface area contributed by atoms with Crippen LogP contribution in [0.5, 0.6) is 5.75 Å². The second kappa shape index (κ2) is 7.65. The lowest BCUT2D eigenvalue weighted by Gasteiger charge is -2.20. The van der Waals surface area contributed by atoms with Gasteiger partial charge in [0.15, 0.2) is 0 Å². The Hall–Kier alpha value is -1.06. The van der Waals surface area contributed by atoms with Crippen LogP contribution in [0.15, 0.2) is 24.3 Å². The van der Waals surface area contributed by atoms with Crippen LogP contribution in [0, 0.1) is 5.92 Å². The third kappa shape index (κ3) is 4.50. The Kier molecular flexibility index (Phi) is 5.86. The molecular formula is C17H27NO2. The third-order valence-corrected chi connectivity index (χ3v) is 4.33. The summed E-state index contributed by atoms with van der Waals surface area (Å²) in [5.74, 6) is 1.61. The fourth-order valence-electron chi connectivity index (χ4n) is 3.06. The average molecular weight is 277 g/mol. The first-order valence-electron chi connectivity index (χ1n) is 7.74. The molecule has 1 aliphatic carbocycles. The highest BCUT2D eigenvalue weighted by Crippen LogP contribution is 2.28. The molecule has 0 bridgehead atoms. The first-order chi connectivity index (χ1) is 9.69. The van der Waals surface area contributed by atoms with Crippen LogP contribution in [0.3, 0.4) is 0 Å². The van der Waals surface area contributed by atoms with Gasteiger partial charge >= 0.3 is 0 Å². The Labute approximate surface area is 122 Å². The second-order valence-electron chi connectivity index (χ2n) is 5.95. The fourth-order valence-corrected chi connectivity index (χ4v) is 3.06. The maximum Gasteiger partial charge on any atom is 0.119 e. The van der Waals surface area contributed by atoms with Crippen LogP contribution in [0.2, 0.25) is 0 Å². The topological polar surface area (TPSA) is 41.5 Å². The summed E-state index contributed by atoms with van der Waals surface area (Å²) in [6.45, 7) is 2.78. The Morgan fingerprint density at radius 3 is 2.80 bits per heavy atom. The summed E-state index contributed by atoms with van der Waals surface area (Å²) in [6, 6.07) is 8.31. The highest BCUT2D eigenvalue weighted by atomic mass is 16.5. The van der Waals surface area contributed by atoms with E-state index in [1.54, 1.807) is 7.11 Å². The molecule has 0 spiro atoms. The van der Waals surface area contributed by atoms with Crippen molar-refractivity contribution in [3.05, 3.63) is 29.8 Å². The van der Waals surface area contributed by atoms with Crippen LogP contribution >= 0.6 is 0 Å². The number of hydrogen-bond acceptors (Lipinski definition) is 3. The van der Waals surface area contributed by atoms with Crippen molar-refractivity contribution in [2.24, 2.45) is 5.92 Å². The molecule has 1 unspecified atom stereocenters. The molecule has 0 aromatic heterocycles. The third-order valence-electron chi connectivity index (χ3n) is 4.33. The van der Waals surface area contributed by atoms with E-state index in [-0.39, 0.29) is 12.1 Å². The van der Waals surface area contributed by atoms with Crippen molar-refractivity contribution in [3.63, 3.8) is 0 Å². The van der Waals surface area contributed by atoms with Crippen molar-refractivity contribution in [3.8, 4) is 5.75 Å². The van der Waals surface area contributed by atoms with E-state index in [4.69, 9.17) is 4.74 Å². The summed E-state index contributed by atoms with van der Waals surface area (Å²) < 4.78 is 5.24. The van der Waals surface area contributed by atoms with Crippen molar-refractivity contribution in [2.45, 2.75) is 51.2 Å². The van der Waals surface area contributed by atoms with E-state index in [9.17, 15) is 5.11 Å². The number of rotatable bonds is 7. The summed E-state index contributed by atoms with van der Waals surface area (Å²) in [5, 5.41) is 13.5. The molecule has 1 saturated carbocycles. The molecule has 3 nitrogen and oxygen atoms in total. The molecule has 2 atom stereocenters. The molecule has 0 radical (unpaired) electrons. The minimum Gasteiger partial charge on any atom is -0.497 e. The summed E-state index contributed by atoms with van der Waals surface area (Å²) in [7, 11) is 1.68. The minimum atomic E-state index is -0.230. The van der Waals surface area contributed by atoms with Gasteiger partial charge in [0.05, 0.1) is 13.2 Å². The molecule has 2 rings (SSSR count). The zero-order valence-corrected chi connectivity index (χ0v) is 12.6. The van der Waals surface area contributed by atoms with Crippen molar-refractivity contribution in [1.82, 2.24) is 5.32 Å². The van der Waals surface area contributed by atoms with Crippen LogP contribution in [0.1, 0.15) is 50.6 Å². The normalized spacial score (nSPS) is 18.9. The second-order valence-corrected chi connectivity index (χ2v) is 5.95. The monoisotopic (exact) mass is 277 g/mol. The molecule has 0 heterocycles. The van der Waals surface area contributed by atoms with E-state index >= 15 is 0 Å². The predicted molar refractivity (Wildman–Crippen MR) is 82.0 cm³/mol. The highest BCUT2D eigenvalue weighted by Gasteiger charge is 2.19. The average Bonchev–Trinajstić information content (AvgIpc) is 2.97. The van der Waals surface area contributed by atoms with Gasteiger partial charge in [0.25, 0.3) is 0 Å². The van der Waals surface area contributed by atoms with Crippen LogP contribution in [0.4, 0.5) is 0 Å². The highest BCUT2D eigenvalue weighted by molar-refractivity contribution is 5.30. The van der Waals surface area contributed by atoms with Gasteiger partial charge in [-0.05, 0) is 37.0 Å². The lowest BCUT2D eigenvalue weighted by atomic mass is 9.99. The molecule has 20 heavy (non-hydrogen) atoms. The quantitative estimate of drug-likeness (QED) is 0.803. The molecule has 2 N–H and O–H groups in total. The van der Waals surface area contributed by atoms with Crippen molar-refractivity contribution in [1.29, 1.82) is 0 Å². The van der Waals surface area contributed by atoms with Gasteiger partial charge in [0, 0.05) is 12.6 Å². The number of ether oxygens (including phenoxy) is 1. The molecule has 112 valence electrons. The lowest BCUT2D eigenvalue weighted by molar-refractivity contribution is 0.137. The van der Waals surface area contributed by atoms with Gasteiger partial charge in [-0.1, -0.05) is 37.8 Å². The Morgan fingerprint density at radius 2 is 2.10 bits per heavy atom. The van der Waals surface area contributed by atoms with E-state index in [1.807, 2.05) is 18.2 Å². The molecule has 0 amide bonds. The van der Waals surface area contributed by atoms with Crippen LogP contribution in [-0.2, 0) is 0 Å². The maximum absolute atomic E-state index is 10.1. The SMILES string of the molecule is COc1cccc([C@H](C)NCC(O)CC2CCCC2)c1. The van der Waals surface area contributed by atoms with Gasteiger partial charge in [-0.25, -0.2) is 0 Å². The van der Waals surface area contributed by atoms with Crippen LogP contribution in [-0.4, -0.2) is 24.9 Å². The molecule has 0 aliphatic heterocycles. The molecule has 1 fully saturated rings. The summed E-state index contributed by atoms with van der Waals surface area (Å²) >= 11 is 0. The van der Waals surface area contributed by atoms with Crippen molar-refractivity contribution >= 4 is 0 Å². The number of hydrogen-bond donors (Lipinski definition) is 2. The first-order valence-corrected chi connectivity index (χ1v) is 7.74. The van der Waals surface area contributed by atoms with Gasteiger partial charge in [-0.15, -0.1) is 0 Å². The zero-order chi connectivity index (χ0) is 14.4. The molecular weight excluding hydrogens is 250 g/mol. The van der Waals surface area contributed by atoms with E-state index in [0.29, 0.717) is 6.54 Å². The number of nitrogens with one attached hydrogen (secondary N) is 1. The van der Waals surface area contributed by atoms with E-state index in [1.165, 1.54) is 31.2 Å². The molecule has 1 aromatic carbocycles. The Balaban J connectivity index is 1.77. The Bertz CT molecular complexity index is 402.